The molecule has 3 amide bonds. The Labute approximate surface area is 225 Å². The summed E-state index contributed by atoms with van der Waals surface area (Å²) in [6.07, 6.45) is 21.4. The van der Waals surface area contributed by atoms with E-state index in [0.29, 0.717) is 18.6 Å². The number of carbonyl (C=O) groups excluding carboxylic acids is 3. The van der Waals surface area contributed by atoms with Crippen LogP contribution in [0.15, 0.2) is 23.4 Å². The first-order valence-corrected chi connectivity index (χ1v) is 15.2. The molecule has 2 aliphatic carbocycles. The Hall–Kier alpha value is -2.99. The van der Waals surface area contributed by atoms with E-state index in [0.717, 1.165) is 94.8 Å². The van der Waals surface area contributed by atoms with Gasteiger partial charge in [-0.1, -0.05) is 30.1 Å². The van der Waals surface area contributed by atoms with Crippen LogP contribution >= 0.6 is 8.20 Å². The number of carbonyl (C=O) groups is 3. The van der Waals surface area contributed by atoms with Crippen molar-refractivity contribution in [2.45, 2.75) is 76.8 Å². The number of amides is 3. The number of hydrogen-bond donors (Lipinski definition) is 2. The summed E-state index contributed by atoms with van der Waals surface area (Å²) in [5, 5.41) is 5.15. The molecule has 202 valence electrons. The fourth-order valence-corrected chi connectivity index (χ4v) is 6.56. The van der Waals surface area contributed by atoms with E-state index < -0.39 is 0 Å². The van der Waals surface area contributed by atoms with Crippen LogP contribution in [0.25, 0.3) is 12.2 Å². The molecule has 0 radical (unpaired) electrons. The van der Waals surface area contributed by atoms with Crippen molar-refractivity contribution in [1.82, 2.24) is 25.1 Å². The van der Waals surface area contributed by atoms with Crippen molar-refractivity contribution in [2.75, 3.05) is 19.3 Å². The summed E-state index contributed by atoms with van der Waals surface area (Å²) in [7, 11) is 0.859. The van der Waals surface area contributed by atoms with Crippen LogP contribution in [0.1, 0.15) is 76.6 Å². The highest BCUT2D eigenvalue weighted by Gasteiger charge is 2.33. The Balaban J connectivity index is 1.16. The van der Waals surface area contributed by atoms with Crippen molar-refractivity contribution in [1.29, 1.82) is 0 Å². The van der Waals surface area contributed by atoms with Crippen molar-refractivity contribution in [3.8, 4) is 0 Å². The number of hydrogen-bond acceptors (Lipinski definition) is 4. The molecule has 5 rings (SSSR count). The molecule has 1 aromatic rings. The Morgan fingerprint density at radius 3 is 2.74 bits per heavy atom. The van der Waals surface area contributed by atoms with Crippen molar-refractivity contribution in [3.63, 3.8) is 0 Å². The average molecular weight is 536 g/mol. The minimum atomic E-state index is -0.338. The van der Waals surface area contributed by atoms with E-state index in [4.69, 9.17) is 4.98 Å². The molecule has 9 heteroatoms. The van der Waals surface area contributed by atoms with Crippen LogP contribution in [0.3, 0.4) is 0 Å². The maximum absolute atomic E-state index is 12.7. The molecule has 3 heterocycles. The number of nitrogens with zero attached hydrogens (tertiary/aromatic N) is 3. The first-order chi connectivity index (χ1) is 18.4. The fraction of sp³-hybridized carbons (Fsp3) is 0.552. The summed E-state index contributed by atoms with van der Waals surface area (Å²) >= 11 is 0. The van der Waals surface area contributed by atoms with Gasteiger partial charge in [-0.05, 0) is 69.8 Å². The highest BCUT2D eigenvalue weighted by molar-refractivity contribution is 7.37. The van der Waals surface area contributed by atoms with Gasteiger partial charge in [0.1, 0.15) is 11.9 Å². The van der Waals surface area contributed by atoms with Crippen LogP contribution in [-0.2, 0) is 14.4 Å². The quantitative estimate of drug-likeness (QED) is 0.500. The highest BCUT2D eigenvalue weighted by Crippen LogP contribution is 2.30. The van der Waals surface area contributed by atoms with Gasteiger partial charge in [0.25, 0.3) is 0 Å². The number of fused-ring (bicyclic) bond motifs is 1. The average Bonchev–Trinajstić information content (AvgIpc) is 3.67. The number of allylic oxidation sites excluding steroid dienone is 4. The third kappa shape index (κ3) is 5.85. The van der Waals surface area contributed by atoms with E-state index >= 15 is 0 Å². The molecule has 0 saturated carbocycles. The molecule has 2 fully saturated rings. The topological polar surface area (TPSA) is 98.4 Å². The summed E-state index contributed by atoms with van der Waals surface area (Å²) < 4.78 is 0. The molecule has 8 nitrogen and oxygen atoms in total. The fourth-order valence-electron chi connectivity index (χ4n) is 6.19. The molecule has 38 heavy (non-hydrogen) atoms. The maximum Gasteiger partial charge on any atom is 0.246 e. The Morgan fingerprint density at radius 1 is 1.16 bits per heavy atom. The smallest absolute Gasteiger partial charge is 0.246 e. The van der Waals surface area contributed by atoms with Gasteiger partial charge in [0, 0.05) is 25.7 Å². The van der Waals surface area contributed by atoms with Gasteiger partial charge in [0.2, 0.25) is 17.7 Å². The maximum atomic E-state index is 12.7. The van der Waals surface area contributed by atoms with Crippen LogP contribution in [0.2, 0.25) is 0 Å². The minimum Gasteiger partial charge on any atom is -0.340 e. The number of H-pyrrole nitrogens is 1. The Bertz CT molecular complexity index is 1300. The van der Waals surface area contributed by atoms with Gasteiger partial charge in [-0.3, -0.25) is 14.4 Å². The molecule has 1 unspecified atom stereocenters. The van der Waals surface area contributed by atoms with Crippen LogP contribution in [0.4, 0.5) is 0 Å². The molecule has 4 aliphatic rings. The number of rotatable bonds is 8. The van der Waals surface area contributed by atoms with Gasteiger partial charge in [0.15, 0.2) is 0 Å². The van der Waals surface area contributed by atoms with Gasteiger partial charge in [-0.25, -0.2) is 4.98 Å². The van der Waals surface area contributed by atoms with Crippen molar-refractivity contribution in [2.24, 2.45) is 5.92 Å². The standard InChI is InChI=1S/C29H38N5O3P/c1-19(35)33-15-4-6-26(33)29(37)30-22-12-9-20(10-13-22)7-8-21-11-14-23-24(17-21)32-28(31-23)25-5-3-16-34(25)27(36)18-38-2/h9,12,14,17,21,25-26H,2-8,10-11,13,15-16,18H2,1H3,(H,30,37)(H,31,32)/t21?,25-,26-/m0/s1. The van der Waals surface area contributed by atoms with Crippen LogP contribution < -0.4 is 16.0 Å². The van der Waals surface area contributed by atoms with E-state index in [1.165, 1.54) is 12.5 Å². The molecular formula is C29H38N5O3P. The number of imidazole rings is 1. The predicted molar refractivity (Wildman–Crippen MR) is 151 cm³/mol. The van der Waals surface area contributed by atoms with E-state index in [1.54, 1.807) is 4.90 Å². The summed E-state index contributed by atoms with van der Waals surface area (Å²) in [4.78, 5) is 49.0. The Morgan fingerprint density at radius 2 is 1.97 bits per heavy atom. The molecule has 0 aromatic carbocycles. The number of aromatic nitrogens is 2. The van der Waals surface area contributed by atoms with Gasteiger partial charge < -0.3 is 20.1 Å². The van der Waals surface area contributed by atoms with E-state index in [-0.39, 0.29) is 29.8 Å². The monoisotopic (exact) mass is 535 g/mol. The third-order valence-corrected chi connectivity index (χ3v) is 8.74. The molecule has 1 aromatic heterocycles. The number of aromatic amines is 1. The molecule has 2 aliphatic heterocycles. The lowest BCUT2D eigenvalue weighted by Gasteiger charge is -2.24. The van der Waals surface area contributed by atoms with Crippen LogP contribution in [0, 0.1) is 5.92 Å². The zero-order chi connectivity index (χ0) is 26.6. The lowest BCUT2D eigenvalue weighted by atomic mass is 9.90. The van der Waals surface area contributed by atoms with E-state index in [1.807, 2.05) is 11.0 Å². The summed E-state index contributed by atoms with van der Waals surface area (Å²) in [6.45, 7) is 3.00. The largest absolute Gasteiger partial charge is 0.340 e. The normalized spacial score (nSPS) is 24.8. The second kappa shape index (κ2) is 11.8. The summed E-state index contributed by atoms with van der Waals surface area (Å²) in [6, 6.07) is -0.293. The van der Waals surface area contributed by atoms with Crippen LogP contribution in [-0.4, -0.2) is 69.1 Å². The summed E-state index contributed by atoms with van der Waals surface area (Å²) in [5.74, 6) is 1.44. The molecule has 2 N–H and O–H groups in total. The van der Waals surface area contributed by atoms with Gasteiger partial charge >= 0.3 is 0 Å². The second-order valence-electron chi connectivity index (χ2n) is 10.8. The molecule has 0 bridgehead atoms. The summed E-state index contributed by atoms with van der Waals surface area (Å²) in [5.41, 5.74) is 2.35. The Kier molecular flexibility index (Phi) is 8.27. The zero-order valence-corrected chi connectivity index (χ0v) is 23.1. The van der Waals surface area contributed by atoms with Crippen molar-refractivity contribution < 1.29 is 14.4 Å². The lowest BCUT2D eigenvalue weighted by Crippen LogP contribution is -2.44. The van der Waals surface area contributed by atoms with Gasteiger partial charge in [-0.15, -0.1) is 8.20 Å². The van der Waals surface area contributed by atoms with E-state index in [2.05, 4.69) is 34.8 Å². The molecule has 2 saturated heterocycles. The van der Waals surface area contributed by atoms with E-state index in [9.17, 15) is 14.4 Å². The molecule has 0 spiro atoms. The second-order valence-corrected chi connectivity index (χ2v) is 11.6. The zero-order valence-electron chi connectivity index (χ0n) is 22.2. The highest BCUT2D eigenvalue weighted by atomic mass is 31.1. The molecular weight excluding hydrogens is 497 g/mol. The van der Waals surface area contributed by atoms with Gasteiger partial charge in [0.05, 0.1) is 22.9 Å². The molecule has 3 atom stereocenters. The van der Waals surface area contributed by atoms with Crippen molar-refractivity contribution in [3.05, 3.63) is 39.9 Å². The van der Waals surface area contributed by atoms with Gasteiger partial charge in [-0.2, -0.15) is 0 Å². The SMILES string of the molecule is C=PCC(=O)N1CCC[C@H]1c1nc2c([nH]1)=CC(CCC1=CC=C(NC(=O)[C@@H]3CCCN3C(C)=O)CC1)CC=2. The minimum absolute atomic E-state index is 0.0298. The van der Waals surface area contributed by atoms with Crippen LogP contribution in [0.5, 0.6) is 0 Å². The first kappa shape index (κ1) is 26.6. The lowest BCUT2D eigenvalue weighted by molar-refractivity contribution is -0.136. The number of nitrogens with one attached hydrogen (secondary N) is 2. The van der Waals surface area contributed by atoms with Crippen molar-refractivity contribution >= 4 is 44.4 Å². The third-order valence-electron chi connectivity index (χ3n) is 8.25. The predicted octanol–water partition coefficient (Wildman–Crippen LogP) is 2.54. The first-order valence-electron chi connectivity index (χ1n) is 13.9. The number of likely N-dealkylation sites (tertiary alicyclic amines) is 2.